The molecular weight excluding hydrogens is 216 g/mol. The number of pyridine rings is 1. The predicted molar refractivity (Wildman–Crippen MR) is 67.6 cm³/mol. The second-order valence-corrected chi connectivity index (χ2v) is 4.56. The molecule has 0 spiro atoms. The van der Waals surface area contributed by atoms with Gasteiger partial charge in [-0.05, 0) is 19.1 Å². The summed E-state index contributed by atoms with van der Waals surface area (Å²) < 4.78 is 0. The molecule has 0 fully saturated rings. The van der Waals surface area contributed by atoms with Gasteiger partial charge in [0.05, 0.1) is 5.52 Å². The summed E-state index contributed by atoms with van der Waals surface area (Å²) in [4.78, 5) is 8.89. The highest BCUT2D eigenvalue weighted by Crippen LogP contribution is 2.29. The summed E-state index contributed by atoms with van der Waals surface area (Å²) >= 11 is 1.66. The lowest BCUT2D eigenvalue weighted by atomic mass is 10.1. The average Bonchev–Trinajstić information content (AvgIpc) is 2.81. The SMILES string of the molecule is Cc1cc(-c2nccs2)c2ccccc2n1. The standard InChI is InChI=1S/C13H10N2S/c1-9-8-11(13-14-6-7-16-13)10-4-2-3-5-12(10)15-9/h2-8H,1H3. The number of rotatable bonds is 1. The number of fused-ring (bicyclic) bond motifs is 1. The molecule has 78 valence electrons. The quantitative estimate of drug-likeness (QED) is 0.632. The lowest BCUT2D eigenvalue weighted by Gasteiger charge is -2.04. The molecule has 0 radical (unpaired) electrons. The Morgan fingerprint density at radius 3 is 2.88 bits per heavy atom. The summed E-state index contributed by atoms with van der Waals surface area (Å²) in [5, 5.41) is 4.23. The van der Waals surface area contributed by atoms with Gasteiger partial charge >= 0.3 is 0 Å². The molecular formula is C13H10N2S. The van der Waals surface area contributed by atoms with Crippen molar-refractivity contribution in [2.75, 3.05) is 0 Å². The minimum absolute atomic E-state index is 1.03. The number of nitrogens with zero attached hydrogens (tertiary/aromatic N) is 2. The van der Waals surface area contributed by atoms with Gasteiger partial charge in [-0.25, -0.2) is 4.98 Å². The van der Waals surface area contributed by atoms with E-state index in [0.717, 1.165) is 16.2 Å². The van der Waals surface area contributed by atoms with Gasteiger partial charge in [0.2, 0.25) is 0 Å². The highest BCUT2D eigenvalue weighted by atomic mass is 32.1. The smallest absolute Gasteiger partial charge is 0.124 e. The minimum atomic E-state index is 1.03. The Morgan fingerprint density at radius 1 is 1.19 bits per heavy atom. The molecule has 3 heteroatoms. The third kappa shape index (κ3) is 1.49. The van der Waals surface area contributed by atoms with Crippen molar-refractivity contribution >= 4 is 22.2 Å². The summed E-state index contributed by atoms with van der Waals surface area (Å²) in [6.07, 6.45) is 1.84. The molecule has 0 atom stereocenters. The average molecular weight is 226 g/mol. The van der Waals surface area contributed by atoms with Crippen molar-refractivity contribution in [3.63, 3.8) is 0 Å². The molecule has 0 saturated carbocycles. The highest BCUT2D eigenvalue weighted by Gasteiger charge is 2.07. The van der Waals surface area contributed by atoms with E-state index >= 15 is 0 Å². The Labute approximate surface area is 97.6 Å². The fourth-order valence-electron chi connectivity index (χ4n) is 1.84. The van der Waals surface area contributed by atoms with Crippen molar-refractivity contribution in [1.29, 1.82) is 0 Å². The van der Waals surface area contributed by atoms with Gasteiger partial charge < -0.3 is 0 Å². The third-order valence-corrected chi connectivity index (χ3v) is 3.31. The number of benzene rings is 1. The van der Waals surface area contributed by atoms with E-state index in [0.29, 0.717) is 0 Å². The zero-order valence-corrected chi connectivity index (χ0v) is 9.66. The summed E-state index contributed by atoms with van der Waals surface area (Å²) in [6.45, 7) is 2.02. The Balaban J connectivity index is 2.39. The first-order valence-corrected chi connectivity index (χ1v) is 5.99. The molecule has 2 aromatic heterocycles. The first kappa shape index (κ1) is 9.48. The molecule has 0 bridgehead atoms. The van der Waals surface area contributed by atoms with Gasteiger partial charge in [-0.2, -0.15) is 0 Å². The Morgan fingerprint density at radius 2 is 2.06 bits per heavy atom. The van der Waals surface area contributed by atoms with Gasteiger partial charge in [0.25, 0.3) is 0 Å². The Kier molecular flexibility index (Phi) is 2.18. The molecule has 0 aliphatic rings. The van der Waals surface area contributed by atoms with Gasteiger partial charge in [-0.3, -0.25) is 4.98 Å². The Hall–Kier alpha value is -1.74. The molecule has 0 unspecified atom stereocenters. The number of aryl methyl sites for hydroxylation is 1. The van der Waals surface area contributed by atoms with Crippen molar-refractivity contribution in [3.8, 4) is 10.6 Å². The van der Waals surface area contributed by atoms with Crippen LogP contribution in [0, 0.1) is 6.92 Å². The lowest BCUT2D eigenvalue weighted by Crippen LogP contribution is -1.87. The van der Waals surface area contributed by atoms with E-state index in [4.69, 9.17) is 0 Å². The second-order valence-electron chi connectivity index (χ2n) is 3.67. The molecule has 0 N–H and O–H groups in total. The maximum Gasteiger partial charge on any atom is 0.124 e. The maximum absolute atomic E-state index is 4.52. The molecule has 1 aromatic carbocycles. The number of aromatic nitrogens is 2. The number of thiazole rings is 1. The number of para-hydroxylation sites is 1. The van der Waals surface area contributed by atoms with Crippen LogP contribution in [0.4, 0.5) is 0 Å². The van der Waals surface area contributed by atoms with Gasteiger partial charge in [-0.15, -0.1) is 11.3 Å². The number of hydrogen-bond acceptors (Lipinski definition) is 3. The molecule has 2 nitrogen and oxygen atoms in total. The fourth-order valence-corrected chi connectivity index (χ4v) is 2.51. The van der Waals surface area contributed by atoms with E-state index in [1.165, 1.54) is 10.9 Å². The summed E-state index contributed by atoms with van der Waals surface area (Å²) in [7, 11) is 0. The monoisotopic (exact) mass is 226 g/mol. The normalized spacial score (nSPS) is 10.8. The molecule has 0 amide bonds. The summed E-state index contributed by atoms with van der Waals surface area (Å²) in [5.74, 6) is 0. The van der Waals surface area contributed by atoms with E-state index in [9.17, 15) is 0 Å². The van der Waals surface area contributed by atoms with Crippen LogP contribution >= 0.6 is 11.3 Å². The van der Waals surface area contributed by atoms with E-state index in [-0.39, 0.29) is 0 Å². The Bertz CT molecular complexity index is 629. The van der Waals surface area contributed by atoms with Crippen LogP contribution in [0.5, 0.6) is 0 Å². The first-order valence-electron chi connectivity index (χ1n) is 5.11. The van der Waals surface area contributed by atoms with Crippen LogP contribution in [0.25, 0.3) is 21.5 Å². The van der Waals surface area contributed by atoms with Gasteiger partial charge in [0.1, 0.15) is 5.01 Å². The molecule has 2 heterocycles. The summed E-state index contributed by atoms with van der Waals surface area (Å²) in [6, 6.07) is 10.3. The van der Waals surface area contributed by atoms with Crippen LogP contribution in [-0.4, -0.2) is 9.97 Å². The van der Waals surface area contributed by atoms with Crippen molar-refractivity contribution in [2.24, 2.45) is 0 Å². The second kappa shape index (κ2) is 3.68. The van der Waals surface area contributed by atoms with E-state index < -0.39 is 0 Å². The minimum Gasteiger partial charge on any atom is -0.253 e. The van der Waals surface area contributed by atoms with E-state index in [1.807, 2.05) is 36.7 Å². The predicted octanol–water partition coefficient (Wildman–Crippen LogP) is 3.67. The topological polar surface area (TPSA) is 25.8 Å². The van der Waals surface area contributed by atoms with Gasteiger partial charge in [0, 0.05) is 28.2 Å². The molecule has 0 aliphatic heterocycles. The van der Waals surface area contributed by atoms with E-state index in [1.54, 1.807) is 11.3 Å². The molecule has 0 saturated heterocycles. The molecule has 3 aromatic rings. The van der Waals surface area contributed by atoms with Crippen LogP contribution in [0.2, 0.25) is 0 Å². The van der Waals surface area contributed by atoms with Crippen LogP contribution in [0.3, 0.4) is 0 Å². The van der Waals surface area contributed by atoms with Crippen molar-refractivity contribution in [2.45, 2.75) is 6.92 Å². The van der Waals surface area contributed by atoms with Gasteiger partial charge in [0.15, 0.2) is 0 Å². The van der Waals surface area contributed by atoms with Crippen molar-refractivity contribution < 1.29 is 0 Å². The van der Waals surface area contributed by atoms with Crippen LogP contribution in [-0.2, 0) is 0 Å². The zero-order chi connectivity index (χ0) is 11.0. The maximum atomic E-state index is 4.52. The summed E-state index contributed by atoms with van der Waals surface area (Å²) in [5.41, 5.74) is 3.25. The van der Waals surface area contributed by atoms with Crippen molar-refractivity contribution in [1.82, 2.24) is 9.97 Å². The van der Waals surface area contributed by atoms with Crippen LogP contribution in [0.15, 0.2) is 41.9 Å². The fraction of sp³-hybridized carbons (Fsp3) is 0.0769. The van der Waals surface area contributed by atoms with Gasteiger partial charge in [-0.1, -0.05) is 18.2 Å². The molecule has 0 aliphatic carbocycles. The van der Waals surface area contributed by atoms with E-state index in [2.05, 4.69) is 22.1 Å². The third-order valence-electron chi connectivity index (χ3n) is 2.51. The van der Waals surface area contributed by atoms with Crippen LogP contribution in [0.1, 0.15) is 5.69 Å². The first-order chi connectivity index (χ1) is 7.84. The van der Waals surface area contributed by atoms with Crippen molar-refractivity contribution in [3.05, 3.63) is 47.6 Å². The molecule has 3 rings (SSSR count). The molecule has 16 heavy (non-hydrogen) atoms. The highest BCUT2D eigenvalue weighted by molar-refractivity contribution is 7.13. The van der Waals surface area contributed by atoms with Crippen LogP contribution < -0.4 is 0 Å². The zero-order valence-electron chi connectivity index (χ0n) is 8.84. The number of hydrogen-bond donors (Lipinski definition) is 0. The lowest BCUT2D eigenvalue weighted by molar-refractivity contribution is 1.25. The largest absolute Gasteiger partial charge is 0.253 e.